The highest BCUT2D eigenvalue weighted by atomic mass is 16.5. The maximum Gasteiger partial charge on any atom is 0.276 e. The maximum absolute atomic E-state index is 12.9. The van der Waals surface area contributed by atoms with E-state index in [1.807, 2.05) is 51.4 Å². The van der Waals surface area contributed by atoms with E-state index in [4.69, 9.17) is 9.26 Å². The van der Waals surface area contributed by atoms with Crippen molar-refractivity contribution < 1.29 is 14.1 Å². The van der Waals surface area contributed by atoms with Gasteiger partial charge in [0, 0.05) is 32.4 Å². The molecule has 3 rings (SSSR count). The molecule has 0 bridgehead atoms. The van der Waals surface area contributed by atoms with E-state index in [1.54, 1.807) is 23.6 Å². The second kappa shape index (κ2) is 7.65. The van der Waals surface area contributed by atoms with E-state index in [-0.39, 0.29) is 18.2 Å². The highest BCUT2D eigenvalue weighted by molar-refractivity contribution is 5.93. The first-order valence-corrected chi connectivity index (χ1v) is 8.74. The Morgan fingerprint density at radius 1 is 1.22 bits per heavy atom. The van der Waals surface area contributed by atoms with E-state index < -0.39 is 0 Å². The molecular weight excluding hydrogens is 344 g/mol. The first kappa shape index (κ1) is 18.7. The van der Waals surface area contributed by atoms with Gasteiger partial charge in [0.05, 0.1) is 11.3 Å². The number of aryl methyl sites for hydroxylation is 4. The predicted octanol–water partition coefficient (Wildman–Crippen LogP) is 3.18. The van der Waals surface area contributed by atoms with Crippen LogP contribution in [0.2, 0.25) is 0 Å². The summed E-state index contributed by atoms with van der Waals surface area (Å²) in [6, 6.07) is 7.76. The largest absolute Gasteiger partial charge is 0.489 e. The summed E-state index contributed by atoms with van der Waals surface area (Å²) < 4.78 is 12.8. The van der Waals surface area contributed by atoms with E-state index in [2.05, 4.69) is 10.3 Å². The molecular formula is C20H24N4O3. The monoisotopic (exact) mass is 368 g/mol. The van der Waals surface area contributed by atoms with Gasteiger partial charge in [-0.3, -0.25) is 9.48 Å². The fourth-order valence-corrected chi connectivity index (χ4v) is 2.83. The van der Waals surface area contributed by atoms with Crippen LogP contribution in [0.3, 0.4) is 0 Å². The molecule has 0 N–H and O–H groups in total. The van der Waals surface area contributed by atoms with Gasteiger partial charge in [-0.1, -0.05) is 22.9 Å². The SMILES string of the molecule is Cc1ccc(OCc2c(C(=O)N(C)Cc3cn(C)nc3C)noc2C)cc1. The summed E-state index contributed by atoms with van der Waals surface area (Å²) >= 11 is 0. The minimum Gasteiger partial charge on any atom is -0.489 e. The summed E-state index contributed by atoms with van der Waals surface area (Å²) in [5.74, 6) is 1.10. The number of hydrogen-bond acceptors (Lipinski definition) is 5. The molecule has 0 radical (unpaired) electrons. The highest BCUT2D eigenvalue weighted by Gasteiger charge is 2.24. The Balaban J connectivity index is 1.73. The van der Waals surface area contributed by atoms with Gasteiger partial charge in [0.1, 0.15) is 18.1 Å². The molecule has 0 unspecified atom stereocenters. The lowest BCUT2D eigenvalue weighted by Crippen LogP contribution is -2.27. The molecule has 0 aliphatic carbocycles. The van der Waals surface area contributed by atoms with Crippen molar-refractivity contribution in [2.45, 2.75) is 33.9 Å². The molecule has 0 spiro atoms. The minimum atomic E-state index is -0.211. The number of rotatable bonds is 6. The van der Waals surface area contributed by atoms with Gasteiger partial charge in [0.2, 0.25) is 0 Å². The fourth-order valence-electron chi connectivity index (χ4n) is 2.83. The zero-order chi connectivity index (χ0) is 19.6. The maximum atomic E-state index is 12.9. The third-order valence-electron chi connectivity index (χ3n) is 4.46. The molecule has 2 aromatic heterocycles. The lowest BCUT2D eigenvalue weighted by Gasteiger charge is -2.16. The van der Waals surface area contributed by atoms with Crippen molar-refractivity contribution in [1.29, 1.82) is 0 Å². The Hall–Kier alpha value is -3.09. The Labute approximate surface area is 158 Å². The quantitative estimate of drug-likeness (QED) is 0.668. The molecule has 1 aromatic carbocycles. The first-order chi connectivity index (χ1) is 12.8. The molecule has 0 aliphatic rings. The van der Waals surface area contributed by atoms with E-state index >= 15 is 0 Å². The number of aromatic nitrogens is 3. The van der Waals surface area contributed by atoms with Crippen molar-refractivity contribution in [3.63, 3.8) is 0 Å². The van der Waals surface area contributed by atoms with Crippen molar-refractivity contribution in [1.82, 2.24) is 19.8 Å². The van der Waals surface area contributed by atoms with Crippen LogP contribution in [0.4, 0.5) is 0 Å². The number of amides is 1. The smallest absolute Gasteiger partial charge is 0.276 e. The summed E-state index contributed by atoms with van der Waals surface area (Å²) in [4.78, 5) is 14.5. The number of ether oxygens (including phenoxy) is 1. The predicted molar refractivity (Wildman–Crippen MR) is 100 cm³/mol. The Bertz CT molecular complexity index is 941. The standard InChI is InChI=1S/C20H24N4O3/c1-13-6-8-17(9-7-13)26-12-18-15(3)27-22-19(18)20(25)23(4)10-16-11-24(5)21-14(16)2/h6-9,11H,10,12H2,1-5H3. The van der Waals surface area contributed by atoms with Gasteiger partial charge in [-0.2, -0.15) is 5.10 Å². The molecule has 27 heavy (non-hydrogen) atoms. The van der Waals surface area contributed by atoms with Crippen LogP contribution in [0.25, 0.3) is 0 Å². The second-order valence-corrected chi connectivity index (χ2v) is 6.74. The van der Waals surface area contributed by atoms with Crippen LogP contribution in [0, 0.1) is 20.8 Å². The Kier molecular flexibility index (Phi) is 5.30. The molecule has 0 atom stereocenters. The summed E-state index contributed by atoms with van der Waals surface area (Å²) in [6.45, 7) is 6.39. The lowest BCUT2D eigenvalue weighted by molar-refractivity contribution is 0.0772. The van der Waals surface area contributed by atoms with Crippen molar-refractivity contribution in [3.05, 3.63) is 64.3 Å². The van der Waals surface area contributed by atoms with E-state index in [1.165, 1.54) is 0 Å². The average Bonchev–Trinajstić information content (AvgIpc) is 3.15. The molecule has 0 fully saturated rings. The number of nitrogens with zero attached hydrogens (tertiary/aromatic N) is 4. The van der Waals surface area contributed by atoms with Gasteiger partial charge >= 0.3 is 0 Å². The summed E-state index contributed by atoms with van der Waals surface area (Å²) in [5, 5.41) is 8.28. The van der Waals surface area contributed by atoms with Gasteiger partial charge in [0.15, 0.2) is 5.69 Å². The fraction of sp³-hybridized carbons (Fsp3) is 0.350. The number of carbonyl (C=O) groups excluding carboxylic acids is 1. The Morgan fingerprint density at radius 3 is 2.56 bits per heavy atom. The van der Waals surface area contributed by atoms with Crippen LogP contribution in [0.1, 0.15) is 38.6 Å². The zero-order valence-corrected chi connectivity index (χ0v) is 16.3. The van der Waals surface area contributed by atoms with Crippen molar-refractivity contribution in [2.75, 3.05) is 7.05 Å². The van der Waals surface area contributed by atoms with Gasteiger partial charge in [0.25, 0.3) is 5.91 Å². The normalized spacial score (nSPS) is 10.9. The minimum absolute atomic E-state index is 0.211. The lowest BCUT2D eigenvalue weighted by atomic mass is 10.1. The number of hydrogen-bond donors (Lipinski definition) is 0. The molecule has 7 heteroatoms. The molecule has 7 nitrogen and oxygen atoms in total. The molecule has 1 amide bonds. The van der Waals surface area contributed by atoms with Crippen LogP contribution in [-0.2, 0) is 20.2 Å². The highest BCUT2D eigenvalue weighted by Crippen LogP contribution is 2.20. The van der Waals surface area contributed by atoms with Crippen LogP contribution in [0.5, 0.6) is 5.75 Å². The van der Waals surface area contributed by atoms with E-state index in [0.717, 1.165) is 22.6 Å². The van der Waals surface area contributed by atoms with E-state index in [9.17, 15) is 4.79 Å². The zero-order valence-electron chi connectivity index (χ0n) is 16.3. The molecule has 2 heterocycles. The summed E-state index contributed by atoms with van der Waals surface area (Å²) in [5.41, 5.74) is 3.99. The van der Waals surface area contributed by atoms with Crippen LogP contribution in [-0.4, -0.2) is 32.8 Å². The van der Waals surface area contributed by atoms with Crippen LogP contribution in [0.15, 0.2) is 35.0 Å². The summed E-state index contributed by atoms with van der Waals surface area (Å²) in [6.07, 6.45) is 1.91. The summed E-state index contributed by atoms with van der Waals surface area (Å²) in [7, 11) is 3.60. The molecule has 0 saturated heterocycles. The molecule has 0 saturated carbocycles. The van der Waals surface area contributed by atoms with Crippen molar-refractivity contribution in [3.8, 4) is 5.75 Å². The topological polar surface area (TPSA) is 73.4 Å². The van der Waals surface area contributed by atoms with Crippen LogP contribution < -0.4 is 4.74 Å². The third-order valence-corrected chi connectivity index (χ3v) is 4.46. The first-order valence-electron chi connectivity index (χ1n) is 8.74. The van der Waals surface area contributed by atoms with Gasteiger partial charge in [-0.05, 0) is 32.9 Å². The molecule has 3 aromatic rings. The Morgan fingerprint density at radius 2 is 1.93 bits per heavy atom. The van der Waals surface area contributed by atoms with Gasteiger partial charge < -0.3 is 14.2 Å². The number of carbonyl (C=O) groups is 1. The average molecular weight is 368 g/mol. The van der Waals surface area contributed by atoms with Crippen molar-refractivity contribution in [2.24, 2.45) is 7.05 Å². The van der Waals surface area contributed by atoms with E-state index in [0.29, 0.717) is 17.9 Å². The third kappa shape index (κ3) is 4.19. The molecule has 142 valence electrons. The van der Waals surface area contributed by atoms with Crippen LogP contribution >= 0.6 is 0 Å². The van der Waals surface area contributed by atoms with Gasteiger partial charge in [-0.25, -0.2) is 0 Å². The molecule has 0 aliphatic heterocycles. The van der Waals surface area contributed by atoms with Gasteiger partial charge in [-0.15, -0.1) is 0 Å². The second-order valence-electron chi connectivity index (χ2n) is 6.74. The number of benzene rings is 1. The van der Waals surface area contributed by atoms with Crippen molar-refractivity contribution >= 4 is 5.91 Å².